The number of amides is 2. The average molecular weight is 448 g/mol. The minimum Gasteiger partial charge on any atom is -0.368 e. The fraction of sp³-hybridized carbons (Fsp3) is 0.333. The number of sulfonamides is 1. The van der Waals surface area contributed by atoms with Crippen molar-refractivity contribution in [3.8, 4) is 0 Å². The van der Waals surface area contributed by atoms with Crippen molar-refractivity contribution in [2.45, 2.75) is 6.92 Å². The van der Waals surface area contributed by atoms with Crippen molar-refractivity contribution >= 4 is 44.8 Å². The van der Waals surface area contributed by atoms with Crippen molar-refractivity contribution in [2.24, 2.45) is 5.92 Å². The second-order valence-electron chi connectivity index (χ2n) is 7.56. The van der Waals surface area contributed by atoms with Gasteiger partial charge in [0.05, 0.1) is 27.9 Å². The van der Waals surface area contributed by atoms with Crippen LogP contribution in [0.1, 0.15) is 17.3 Å². The Labute approximate surface area is 180 Å². The molecule has 0 saturated carbocycles. The van der Waals surface area contributed by atoms with E-state index in [1.54, 1.807) is 11.8 Å². The molecule has 0 radical (unpaired) electrons. The van der Waals surface area contributed by atoms with Gasteiger partial charge in [-0.25, -0.2) is 12.7 Å². The molecule has 0 spiro atoms. The number of rotatable bonds is 3. The van der Waals surface area contributed by atoms with Crippen LogP contribution >= 0.6 is 11.6 Å². The maximum Gasteiger partial charge on any atom is 0.255 e. The van der Waals surface area contributed by atoms with E-state index in [0.29, 0.717) is 31.7 Å². The molecule has 1 atom stereocenters. The zero-order chi connectivity index (χ0) is 21.5. The topological polar surface area (TPSA) is 78.0 Å². The van der Waals surface area contributed by atoms with E-state index in [1.165, 1.54) is 18.2 Å². The summed E-state index contributed by atoms with van der Waals surface area (Å²) in [6.45, 7) is 4.12. The highest BCUT2D eigenvalue weighted by Crippen LogP contribution is 2.32. The first kappa shape index (κ1) is 20.7. The highest BCUT2D eigenvalue weighted by Gasteiger charge is 2.42. The van der Waals surface area contributed by atoms with Gasteiger partial charge in [0.15, 0.2) is 0 Å². The van der Waals surface area contributed by atoms with Crippen LogP contribution in [0, 0.1) is 5.92 Å². The Morgan fingerprint density at radius 3 is 2.23 bits per heavy atom. The molecule has 4 rings (SSSR count). The summed E-state index contributed by atoms with van der Waals surface area (Å²) in [5.41, 5.74) is 1.59. The van der Waals surface area contributed by atoms with E-state index in [1.807, 2.05) is 30.3 Å². The summed E-state index contributed by atoms with van der Waals surface area (Å²) in [5, 5.41) is 0.130. The second kappa shape index (κ2) is 7.92. The zero-order valence-corrected chi connectivity index (χ0v) is 18.1. The molecular formula is C21H22ClN3O4S. The third-order valence-electron chi connectivity index (χ3n) is 5.47. The van der Waals surface area contributed by atoms with Gasteiger partial charge < -0.3 is 9.80 Å². The van der Waals surface area contributed by atoms with Crippen LogP contribution in [0.5, 0.6) is 0 Å². The number of carbonyl (C=O) groups excluding carboxylic acids is 2. The predicted molar refractivity (Wildman–Crippen MR) is 116 cm³/mol. The molecule has 0 aromatic heterocycles. The van der Waals surface area contributed by atoms with E-state index in [4.69, 9.17) is 11.6 Å². The van der Waals surface area contributed by atoms with E-state index in [0.717, 1.165) is 9.99 Å². The molecule has 0 bridgehead atoms. The molecule has 30 heavy (non-hydrogen) atoms. The number of halogens is 1. The van der Waals surface area contributed by atoms with Gasteiger partial charge >= 0.3 is 0 Å². The van der Waals surface area contributed by atoms with Crippen LogP contribution in [0.2, 0.25) is 5.02 Å². The Morgan fingerprint density at radius 2 is 1.67 bits per heavy atom. The van der Waals surface area contributed by atoms with Gasteiger partial charge in [-0.15, -0.1) is 0 Å². The van der Waals surface area contributed by atoms with Gasteiger partial charge in [-0.2, -0.15) is 0 Å². The summed E-state index contributed by atoms with van der Waals surface area (Å²) in [6, 6.07) is 14.4. The lowest BCUT2D eigenvalue weighted by molar-refractivity contribution is -0.119. The molecule has 0 N–H and O–H groups in total. The minimum atomic E-state index is -3.72. The molecule has 2 amide bonds. The number of carbonyl (C=O) groups is 2. The molecule has 0 unspecified atom stereocenters. The number of hydrogen-bond donors (Lipinski definition) is 0. The number of hydrogen-bond acceptors (Lipinski definition) is 5. The maximum atomic E-state index is 13.0. The SMILES string of the molecule is C[C@@H]1CS(=O)(=O)N(c2ccc(C(=O)N3CCN(c4ccccc4)CC3)c(Cl)c2)C1=O. The number of benzene rings is 2. The van der Waals surface area contributed by atoms with Gasteiger partial charge in [-0.3, -0.25) is 9.59 Å². The van der Waals surface area contributed by atoms with Crippen molar-refractivity contribution in [3.63, 3.8) is 0 Å². The summed E-state index contributed by atoms with van der Waals surface area (Å²) in [6.07, 6.45) is 0. The zero-order valence-electron chi connectivity index (χ0n) is 16.5. The van der Waals surface area contributed by atoms with E-state index < -0.39 is 21.8 Å². The lowest BCUT2D eigenvalue weighted by Crippen LogP contribution is -2.48. The lowest BCUT2D eigenvalue weighted by Gasteiger charge is -2.36. The Kier molecular flexibility index (Phi) is 5.46. The quantitative estimate of drug-likeness (QED) is 0.722. The summed E-state index contributed by atoms with van der Waals surface area (Å²) in [5.74, 6) is -1.52. The summed E-state index contributed by atoms with van der Waals surface area (Å²) >= 11 is 6.33. The van der Waals surface area contributed by atoms with Gasteiger partial charge in [-0.1, -0.05) is 36.7 Å². The van der Waals surface area contributed by atoms with Crippen molar-refractivity contribution in [1.29, 1.82) is 0 Å². The minimum absolute atomic E-state index is 0.130. The van der Waals surface area contributed by atoms with Crippen molar-refractivity contribution in [1.82, 2.24) is 4.90 Å². The Morgan fingerprint density at radius 1 is 1.00 bits per heavy atom. The lowest BCUT2D eigenvalue weighted by atomic mass is 10.1. The van der Waals surface area contributed by atoms with Gasteiger partial charge in [0.1, 0.15) is 0 Å². The summed E-state index contributed by atoms with van der Waals surface area (Å²) in [4.78, 5) is 29.2. The fourth-order valence-electron chi connectivity index (χ4n) is 3.87. The molecule has 7 nitrogen and oxygen atoms in total. The first-order valence-electron chi connectivity index (χ1n) is 9.73. The summed E-state index contributed by atoms with van der Waals surface area (Å²) < 4.78 is 25.4. The normalized spacial score (nSPS) is 21.2. The van der Waals surface area contributed by atoms with Crippen LogP contribution in [-0.4, -0.2) is 57.1 Å². The molecule has 2 aliphatic rings. The van der Waals surface area contributed by atoms with Crippen LogP contribution in [0.25, 0.3) is 0 Å². The Bertz CT molecular complexity index is 1080. The number of anilines is 2. The standard InChI is InChI=1S/C21H22ClN3O4S/c1-15-14-30(28,29)25(20(15)26)17-7-8-18(19(22)13-17)21(27)24-11-9-23(10-12-24)16-5-3-2-4-6-16/h2-8,13,15H,9-12,14H2,1H3/t15-/m1/s1. The smallest absolute Gasteiger partial charge is 0.255 e. The molecule has 2 heterocycles. The van der Waals surface area contributed by atoms with Crippen LogP contribution in [0.4, 0.5) is 11.4 Å². The fourth-order valence-corrected chi connectivity index (χ4v) is 5.94. The molecule has 2 aromatic carbocycles. The van der Waals surface area contributed by atoms with Gasteiger partial charge in [0, 0.05) is 31.9 Å². The van der Waals surface area contributed by atoms with Crippen molar-refractivity contribution < 1.29 is 18.0 Å². The van der Waals surface area contributed by atoms with Gasteiger partial charge in [0.25, 0.3) is 5.91 Å². The Hall–Kier alpha value is -2.58. The molecule has 158 valence electrons. The maximum absolute atomic E-state index is 13.0. The van der Waals surface area contributed by atoms with E-state index in [-0.39, 0.29) is 22.4 Å². The largest absolute Gasteiger partial charge is 0.368 e. The third kappa shape index (κ3) is 3.77. The van der Waals surface area contributed by atoms with Gasteiger partial charge in [0.2, 0.25) is 15.9 Å². The summed E-state index contributed by atoms with van der Waals surface area (Å²) in [7, 11) is -3.72. The Balaban J connectivity index is 1.49. The number of nitrogens with zero attached hydrogens (tertiary/aromatic N) is 3. The highest BCUT2D eigenvalue weighted by atomic mass is 35.5. The number of piperazine rings is 1. The van der Waals surface area contributed by atoms with Gasteiger partial charge in [-0.05, 0) is 30.3 Å². The third-order valence-corrected chi connectivity index (χ3v) is 7.65. The van der Waals surface area contributed by atoms with Crippen molar-refractivity contribution in [3.05, 3.63) is 59.1 Å². The first-order valence-corrected chi connectivity index (χ1v) is 11.7. The van der Waals surface area contributed by atoms with E-state index in [9.17, 15) is 18.0 Å². The molecule has 0 aliphatic carbocycles. The highest BCUT2D eigenvalue weighted by molar-refractivity contribution is 7.94. The predicted octanol–water partition coefficient (Wildman–Crippen LogP) is 2.61. The van der Waals surface area contributed by atoms with Crippen molar-refractivity contribution in [2.75, 3.05) is 41.1 Å². The molecule has 2 saturated heterocycles. The van der Waals surface area contributed by atoms with Crippen LogP contribution in [-0.2, 0) is 14.8 Å². The number of para-hydroxylation sites is 1. The average Bonchev–Trinajstić information content (AvgIpc) is 2.94. The monoisotopic (exact) mass is 447 g/mol. The first-order chi connectivity index (χ1) is 14.3. The van der Waals surface area contributed by atoms with E-state index >= 15 is 0 Å². The molecule has 9 heteroatoms. The molecule has 2 fully saturated rings. The molecular weight excluding hydrogens is 426 g/mol. The molecule has 2 aromatic rings. The van der Waals surface area contributed by atoms with Crippen LogP contribution in [0.3, 0.4) is 0 Å². The van der Waals surface area contributed by atoms with E-state index in [2.05, 4.69) is 4.90 Å². The van der Waals surface area contributed by atoms with Crippen LogP contribution < -0.4 is 9.21 Å². The second-order valence-corrected chi connectivity index (χ2v) is 9.83. The molecule has 2 aliphatic heterocycles. The van der Waals surface area contributed by atoms with Crippen LogP contribution in [0.15, 0.2) is 48.5 Å².